The smallest absolute Gasteiger partial charge is 0.135 e. The minimum Gasteiger partial charge on any atom is -0.456 e. The van der Waals surface area contributed by atoms with Crippen LogP contribution in [-0.2, 0) is 12.8 Å². The van der Waals surface area contributed by atoms with Gasteiger partial charge in [0.2, 0.25) is 0 Å². The number of benzene rings is 7. The molecule has 8 aromatic rings. The van der Waals surface area contributed by atoms with Crippen molar-refractivity contribution in [3.63, 3.8) is 0 Å². The first-order valence-corrected chi connectivity index (χ1v) is 18.7. The Hall–Kier alpha value is -6.38. The Bertz CT molecular complexity index is 2680. The molecule has 1 heterocycles. The summed E-state index contributed by atoms with van der Waals surface area (Å²) in [4.78, 5) is 2.49. The van der Waals surface area contributed by atoms with E-state index in [9.17, 15) is 0 Å². The molecule has 1 aliphatic rings. The number of hydrogen-bond donors (Lipinski definition) is 0. The van der Waals surface area contributed by atoms with Crippen LogP contribution in [0.4, 0.5) is 11.4 Å². The van der Waals surface area contributed by atoms with Gasteiger partial charge in [0.05, 0.1) is 0 Å². The van der Waals surface area contributed by atoms with Gasteiger partial charge in [-0.2, -0.15) is 0 Å². The summed E-state index contributed by atoms with van der Waals surface area (Å²) >= 11 is 0. The molecule has 0 amide bonds. The van der Waals surface area contributed by atoms with Crippen molar-refractivity contribution in [1.29, 1.82) is 0 Å². The molecule has 0 spiro atoms. The van der Waals surface area contributed by atoms with Crippen molar-refractivity contribution in [2.75, 3.05) is 11.4 Å². The van der Waals surface area contributed by atoms with E-state index >= 15 is 0 Å². The van der Waals surface area contributed by atoms with Gasteiger partial charge in [-0.25, -0.2) is 0 Å². The van der Waals surface area contributed by atoms with Gasteiger partial charge in [0.15, 0.2) is 0 Å². The highest BCUT2D eigenvalue weighted by Gasteiger charge is 2.23. The Kier molecular flexibility index (Phi) is 8.79. The molecule has 0 atom stereocenters. The molecular weight excluding hydrogens is 643 g/mol. The zero-order chi connectivity index (χ0) is 35.6. The number of fused-ring (bicyclic) bond motifs is 7. The van der Waals surface area contributed by atoms with Gasteiger partial charge >= 0.3 is 0 Å². The molecule has 0 saturated heterocycles. The lowest BCUT2D eigenvalue weighted by molar-refractivity contribution is 0.573. The standard InChI is InChI=1S/C51H41NO/c1-2-15-49-47(46-25-12-13-27-50(46)53-49)32-33-52(42-30-28-37(29-31-42)36-16-4-3-5-17-36)48-26-14-21-41-35-39-19-7-10-23-44(39)43-22-9-6-18-38(43)34-40-20-8-11-24-45(40)51(41)48/h3-32H,2,33-35H2,1H3/b47-32-,49-15+. The number of para-hydroxylation sites is 1. The summed E-state index contributed by atoms with van der Waals surface area (Å²) in [5, 5.41) is 2.29. The van der Waals surface area contributed by atoms with E-state index in [0.717, 1.165) is 46.6 Å². The largest absolute Gasteiger partial charge is 0.456 e. The van der Waals surface area contributed by atoms with Crippen LogP contribution in [-0.4, -0.2) is 6.54 Å². The Balaban J connectivity index is 1.27. The van der Waals surface area contributed by atoms with E-state index in [-0.39, 0.29) is 0 Å². The number of furan rings is 1. The second-order valence-electron chi connectivity index (χ2n) is 13.9. The first-order chi connectivity index (χ1) is 26.2. The lowest BCUT2D eigenvalue weighted by atomic mass is 9.83. The topological polar surface area (TPSA) is 16.4 Å². The molecule has 0 N–H and O–H groups in total. The maximum absolute atomic E-state index is 6.40. The number of anilines is 2. The summed E-state index contributed by atoms with van der Waals surface area (Å²) in [7, 11) is 0. The monoisotopic (exact) mass is 683 g/mol. The van der Waals surface area contributed by atoms with Crippen molar-refractivity contribution in [1.82, 2.24) is 0 Å². The Morgan fingerprint density at radius 2 is 1.08 bits per heavy atom. The molecule has 0 saturated carbocycles. The molecule has 0 aliphatic heterocycles. The van der Waals surface area contributed by atoms with E-state index in [4.69, 9.17) is 4.42 Å². The summed E-state index contributed by atoms with van der Waals surface area (Å²) in [6.45, 7) is 2.83. The predicted octanol–water partition coefficient (Wildman–Crippen LogP) is 11.7. The normalized spacial score (nSPS) is 12.8. The van der Waals surface area contributed by atoms with Crippen LogP contribution in [0.2, 0.25) is 0 Å². The van der Waals surface area contributed by atoms with Crippen LogP contribution in [0.5, 0.6) is 0 Å². The SMILES string of the molecule is CC/C=c1/oc2ccccc2/c1=C/CN(c1ccc(-c2ccccc2)cc1)c1cccc2c1-c1ccccc1Cc1ccccc1-c1ccccc1C2. The average molecular weight is 684 g/mol. The van der Waals surface area contributed by atoms with Crippen molar-refractivity contribution in [3.8, 4) is 33.4 Å². The first-order valence-electron chi connectivity index (χ1n) is 18.7. The van der Waals surface area contributed by atoms with Crippen molar-refractivity contribution >= 4 is 34.5 Å². The van der Waals surface area contributed by atoms with Crippen LogP contribution in [0.15, 0.2) is 174 Å². The maximum Gasteiger partial charge on any atom is 0.135 e. The Morgan fingerprint density at radius 3 is 1.79 bits per heavy atom. The minimum atomic E-state index is 0.663. The van der Waals surface area contributed by atoms with Crippen molar-refractivity contribution in [2.24, 2.45) is 0 Å². The van der Waals surface area contributed by atoms with Gasteiger partial charge in [-0.1, -0.05) is 159 Å². The van der Waals surface area contributed by atoms with Gasteiger partial charge in [0, 0.05) is 34.1 Å². The molecule has 9 rings (SSSR count). The fourth-order valence-corrected chi connectivity index (χ4v) is 8.09. The fourth-order valence-electron chi connectivity index (χ4n) is 8.09. The molecule has 1 aliphatic carbocycles. The molecule has 256 valence electrons. The van der Waals surface area contributed by atoms with E-state index < -0.39 is 0 Å². The van der Waals surface area contributed by atoms with Crippen LogP contribution < -0.4 is 15.5 Å². The molecule has 1 aromatic heterocycles. The maximum atomic E-state index is 6.40. The number of rotatable bonds is 6. The van der Waals surface area contributed by atoms with Gasteiger partial charge in [-0.15, -0.1) is 0 Å². The van der Waals surface area contributed by atoms with Gasteiger partial charge in [0.25, 0.3) is 0 Å². The highest BCUT2D eigenvalue weighted by Crippen LogP contribution is 2.43. The molecule has 0 radical (unpaired) electrons. The highest BCUT2D eigenvalue weighted by atomic mass is 16.3. The van der Waals surface area contributed by atoms with Crippen molar-refractivity contribution in [2.45, 2.75) is 26.2 Å². The minimum absolute atomic E-state index is 0.663. The van der Waals surface area contributed by atoms with E-state index in [1.807, 2.05) is 6.07 Å². The van der Waals surface area contributed by atoms with Crippen LogP contribution >= 0.6 is 0 Å². The number of hydrogen-bond acceptors (Lipinski definition) is 2. The Morgan fingerprint density at radius 1 is 0.509 bits per heavy atom. The second kappa shape index (κ2) is 14.3. The summed E-state index contributed by atoms with van der Waals surface area (Å²) in [5.74, 6) is 0. The lowest BCUT2D eigenvalue weighted by Crippen LogP contribution is -2.25. The van der Waals surface area contributed by atoms with E-state index in [1.165, 1.54) is 61.3 Å². The van der Waals surface area contributed by atoms with E-state index in [0.29, 0.717) is 6.54 Å². The first kappa shape index (κ1) is 32.5. The van der Waals surface area contributed by atoms with Gasteiger partial charge in [0.1, 0.15) is 11.0 Å². The molecular formula is C51H41NO. The van der Waals surface area contributed by atoms with Crippen molar-refractivity contribution < 1.29 is 4.42 Å². The molecule has 2 heteroatoms. The average Bonchev–Trinajstić information content (AvgIpc) is 3.56. The van der Waals surface area contributed by atoms with Gasteiger partial charge < -0.3 is 9.32 Å². The molecule has 0 fully saturated rings. The number of nitrogens with zero attached hydrogens (tertiary/aromatic N) is 1. The quantitative estimate of drug-likeness (QED) is 0.173. The summed E-state index contributed by atoms with van der Waals surface area (Å²) in [5.41, 5.74) is 17.2. The summed E-state index contributed by atoms with van der Waals surface area (Å²) in [6, 6.07) is 61.9. The van der Waals surface area contributed by atoms with Crippen LogP contribution in [0, 0.1) is 0 Å². The summed E-state index contributed by atoms with van der Waals surface area (Å²) < 4.78 is 6.40. The van der Waals surface area contributed by atoms with Crippen LogP contribution in [0.25, 0.3) is 56.5 Å². The predicted molar refractivity (Wildman–Crippen MR) is 223 cm³/mol. The zero-order valence-electron chi connectivity index (χ0n) is 30.0. The second-order valence-corrected chi connectivity index (χ2v) is 13.9. The van der Waals surface area contributed by atoms with E-state index in [1.54, 1.807) is 0 Å². The third-order valence-electron chi connectivity index (χ3n) is 10.6. The molecule has 0 bridgehead atoms. The molecule has 7 aromatic carbocycles. The van der Waals surface area contributed by atoms with Gasteiger partial charge in [-0.3, -0.25) is 0 Å². The van der Waals surface area contributed by atoms with Crippen LogP contribution in [0.3, 0.4) is 0 Å². The third-order valence-corrected chi connectivity index (χ3v) is 10.6. The van der Waals surface area contributed by atoms with E-state index in [2.05, 4.69) is 188 Å². The zero-order valence-corrected chi connectivity index (χ0v) is 30.0. The molecule has 53 heavy (non-hydrogen) atoms. The fraction of sp³-hybridized carbons (Fsp3) is 0.0980. The molecule has 2 nitrogen and oxygen atoms in total. The third kappa shape index (κ3) is 6.27. The molecule has 0 unspecified atom stereocenters. The Labute approximate surface area is 311 Å². The lowest BCUT2D eigenvalue weighted by Gasteiger charge is -2.30. The highest BCUT2D eigenvalue weighted by molar-refractivity contribution is 5.89. The summed E-state index contributed by atoms with van der Waals surface area (Å²) in [6.07, 6.45) is 7.13. The van der Waals surface area contributed by atoms with Gasteiger partial charge in [-0.05, 0) is 99.7 Å². The van der Waals surface area contributed by atoms with Crippen LogP contribution in [0.1, 0.15) is 35.6 Å². The van der Waals surface area contributed by atoms with Crippen molar-refractivity contribution in [3.05, 3.63) is 203 Å².